The molecule has 0 amide bonds. The fourth-order valence-corrected chi connectivity index (χ4v) is 3.95. The van der Waals surface area contributed by atoms with Gasteiger partial charge in [-0.05, 0) is 31.6 Å². The van der Waals surface area contributed by atoms with E-state index >= 15 is 0 Å². The van der Waals surface area contributed by atoms with Crippen LogP contribution in [-0.2, 0) is 0 Å². The fourth-order valence-electron chi connectivity index (χ4n) is 3.95. The molecule has 2 aliphatic rings. The van der Waals surface area contributed by atoms with E-state index in [2.05, 4.69) is 17.1 Å². The molecule has 3 heteroatoms. The molecule has 1 heterocycles. The highest BCUT2D eigenvalue weighted by molar-refractivity contribution is 4.90. The number of nitrogens with zero attached hydrogens (tertiary/aromatic N) is 1. The van der Waals surface area contributed by atoms with Gasteiger partial charge in [-0.3, -0.25) is 9.29 Å². The molecule has 0 spiro atoms. The third-order valence-corrected chi connectivity index (χ3v) is 4.95. The first-order valence-electron chi connectivity index (χ1n) is 8.38. The second kappa shape index (κ2) is 8.21. The number of hydrogen-bond donors (Lipinski definition) is 1. The first kappa shape index (κ1) is 15.2. The fraction of sp³-hybridized carbons (Fsp3) is 1.00. The van der Waals surface area contributed by atoms with E-state index in [1.165, 1.54) is 44.9 Å². The molecule has 0 aromatic rings. The van der Waals surface area contributed by atoms with Crippen LogP contribution in [0.4, 0.5) is 4.39 Å². The van der Waals surface area contributed by atoms with Gasteiger partial charge >= 0.3 is 0 Å². The highest BCUT2D eigenvalue weighted by Gasteiger charge is 2.33. The Morgan fingerprint density at radius 3 is 2.68 bits per heavy atom. The highest BCUT2D eigenvalue weighted by Crippen LogP contribution is 2.30. The Hall–Kier alpha value is -0.150. The molecular weight excluding hydrogens is 239 g/mol. The molecule has 1 saturated heterocycles. The lowest BCUT2D eigenvalue weighted by atomic mass is 9.82. The largest absolute Gasteiger partial charge is 0.311 e. The summed E-state index contributed by atoms with van der Waals surface area (Å²) in [5, 5.41) is 3.74. The summed E-state index contributed by atoms with van der Waals surface area (Å²) in [6, 6.07) is 1.30. The maximum absolute atomic E-state index is 12.5. The molecule has 1 saturated carbocycles. The van der Waals surface area contributed by atoms with Gasteiger partial charge < -0.3 is 5.32 Å². The van der Waals surface area contributed by atoms with Crippen LogP contribution in [0.2, 0.25) is 0 Å². The third kappa shape index (κ3) is 4.42. The first-order chi connectivity index (χ1) is 9.35. The van der Waals surface area contributed by atoms with Gasteiger partial charge in [-0.25, -0.2) is 0 Å². The van der Waals surface area contributed by atoms with E-state index in [-0.39, 0.29) is 6.67 Å². The third-order valence-electron chi connectivity index (χ3n) is 4.95. The van der Waals surface area contributed by atoms with E-state index in [1.54, 1.807) is 0 Å². The number of halogens is 1. The summed E-state index contributed by atoms with van der Waals surface area (Å²) in [5.74, 6) is 0.850. The molecule has 2 unspecified atom stereocenters. The van der Waals surface area contributed by atoms with Crippen molar-refractivity contribution < 1.29 is 4.39 Å². The van der Waals surface area contributed by atoms with Crippen molar-refractivity contribution in [1.29, 1.82) is 0 Å². The number of rotatable bonds is 6. The van der Waals surface area contributed by atoms with Crippen molar-refractivity contribution in [3.8, 4) is 0 Å². The summed E-state index contributed by atoms with van der Waals surface area (Å²) in [4.78, 5) is 2.60. The SMILES string of the molecule is CCCC1CN(CCCF)C(C2CCCCC2)CN1. The summed E-state index contributed by atoms with van der Waals surface area (Å²) in [5.41, 5.74) is 0. The number of alkyl halides is 1. The summed E-state index contributed by atoms with van der Waals surface area (Å²) < 4.78 is 12.5. The van der Waals surface area contributed by atoms with Crippen molar-refractivity contribution >= 4 is 0 Å². The standard InChI is InChI=1S/C16H31FN2/c1-2-7-15-13-19(11-6-10-17)16(12-18-15)14-8-4-3-5-9-14/h14-16,18H,2-13H2,1H3. The van der Waals surface area contributed by atoms with Crippen molar-refractivity contribution in [2.45, 2.75) is 70.4 Å². The van der Waals surface area contributed by atoms with Crippen LogP contribution in [0.1, 0.15) is 58.3 Å². The van der Waals surface area contributed by atoms with Crippen LogP contribution in [0.25, 0.3) is 0 Å². The van der Waals surface area contributed by atoms with E-state index in [4.69, 9.17) is 0 Å². The second-order valence-corrected chi connectivity index (χ2v) is 6.40. The van der Waals surface area contributed by atoms with Crippen molar-refractivity contribution in [2.24, 2.45) is 5.92 Å². The minimum atomic E-state index is -0.167. The molecule has 0 aromatic heterocycles. The summed E-state index contributed by atoms with van der Waals surface area (Å²) in [6.45, 7) is 5.30. The summed E-state index contributed by atoms with van der Waals surface area (Å²) in [6.07, 6.45) is 10.2. The Labute approximate surface area is 118 Å². The number of piperazine rings is 1. The van der Waals surface area contributed by atoms with Gasteiger partial charge in [0.1, 0.15) is 0 Å². The lowest BCUT2D eigenvalue weighted by Crippen LogP contribution is -2.59. The van der Waals surface area contributed by atoms with E-state index in [1.807, 2.05) is 0 Å². The van der Waals surface area contributed by atoms with Gasteiger partial charge in [0.15, 0.2) is 0 Å². The predicted octanol–water partition coefficient (Wildman–Crippen LogP) is 3.37. The Bertz CT molecular complexity index is 241. The van der Waals surface area contributed by atoms with Crippen molar-refractivity contribution in [3.05, 3.63) is 0 Å². The molecule has 2 fully saturated rings. The molecule has 0 aromatic carbocycles. The van der Waals surface area contributed by atoms with E-state index in [9.17, 15) is 4.39 Å². The molecule has 112 valence electrons. The monoisotopic (exact) mass is 270 g/mol. The molecule has 2 atom stereocenters. The zero-order valence-electron chi connectivity index (χ0n) is 12.5. The van der Waals surface area contributed by atoms with Crippen molar-refractivity contribution in [1.82, 2.24) is 10.2 Å². The van der Waals surface area contributed by atoms with Gasteiger partial charge in [0.2, 0.25) is 0 Å². The van der Waals surface area contributed by atoms with Gasteiger partial charge in [0.05, 0.1) is 6.67 Å². The molecule has 0 bridgehead atoms. The van der Waals surface area contributed by atoms with Crippen LogP contribution < -0.4 is 5.32 Å². The van der Waals surface area contributed by atoms with Crippen LogP contribution in [0, 0.1) is 5.92 Å². The average molecular weight is 270 g/mol. The van der Waals surface area contributed by atoms with Gasteiger partial charge in [-0.1, -0.05) is 32.6 Å². The smallest absolute Gasteiger partial charge is 0.0906 e. The van der Waals surface area contributed by atoms with Crippen molar-refractivity contribution in [2.75, 3.05) is 26.3 Å². The normalized spacial score (nSPS) is 30.6. The van der Waals surface area contributed by atoms with E-state index < -0.39 is 0 Å². The summed E-state index contributed by atoms with van der Waals surface area (Å²) >= 11 is 0. The molecule has 1 N–H and O–H groups in total. The van der Waals surface area contributed by atoms with Crippen molar-refractivity contribution in [3.63, 3.8) is 0 Å². The minimum Gasteiger partial charge on any atom is -0.311 e. The summed E-state index contributed by atoms with van der Waals surface area (Å²) in [7, 11) is 0. The number of hydrogen-bond acceptors (Lipinski definition) is 2. The topological polar surface area (TPSA) is 15.3 Å². The maximum atomic E-state index is 12.5. The second-order valence-electron chi connectivity index (χ2n) is 6.40. The van der Waals surface area contributed by atoms with E-state index in [0.717, 1.165) is 25.6 Å². The van der Waals surface area contributed by atoms with Gasteiger partial charge in [-0.15, -0.1) is 0 Å². The van der Waals surface area contributed by atoms with Gasteiger partial charge in [0, 0.05) is 31.7 Å². The lowest BCUT2D eigenvalue weighted by molar-refractivity contribution is 0.0671. The molecule has 1 aliphatic heterocycles. The molecule has 1 aliphatic carbocycles. The molecular formula is C16H31FN2. The Balaban J connectivity index is 1.91. The van der Waals surface area contributed by atoms with Crippen LogP contribution in [-0.4, -0.2) is 43.3 Å². The molecule has 0 radical (unpaired) electrons. The van der Waals surface area contributed by atoms with Gasteiger partial charge in [0.25, 0.3) is 0 Å². The zero-order valence-corrected chi connectivity index (χ0v) is 12.5. The first-order valence-corrected chi connectivity index (χ1v) is 8.38. The average Bonchev–Trinajstić information content (AvgIpc) is 2.46. The maximum Gasteiger partial charge on any atom is 0.0906 e. The Morgan fingerprint density at radius 2 is 2.00 bits per heavy atom. The van der Waals surface area contributed by atoms with Crippen LogP contribution in [0.5, 0.6) is 0 Å². The van der Waals surface area contributed by atoms with Crippen LogP contribution in [0.15, 0.2) is 0 Å². The molecule has 2 nitrogen and oxygen atoms in total. The molecule has 2 rings (SSSR count). The molecule has 19 heavy (non-hydrogen) atoms. The predicted molar refractivity (Wildman–Crippen MR) is 79.2 cm³/mol. The zero-order chi connectivity index (χ0) is 13.5. The highest BCUT2D eigenvalue weighted by atomic mass is 19.1. The Kier molecular flexibility index (Phi) is 6.58. The van der Waals surface area contributed by atoms with Crippen LogP contribution >= 0.6 is 0 Å². The quantitative estimate of drug-likeness (QED) is 0.796. The van der Waals surface area contributed by atoms with E-state index in [0.29, 0.717) is 18.5 Å². The van der Waals surface area contributed by atoms with Gasteiger partial charge in [-0.2, -0.15) is 0 Å². The lowest BCUT2D eigenvalue weighted by Gasteiger charge is -2.45. The Morgan fingerprint density at radius 1 is 1.21 bits per heavy atom. The van der Waals surface area contributed by atoms with Crippen LogP contribution in [0.3, 0.4) is 0 Å². The number of nitrogens with one attached hydrogen (secondary N) is 1. The minimum absolute atomic E-state index is 0.167.